The number of nitrogens with one attached hydrogen (secondary N) is 3. The van der Waals surface area contributed by atoms with Gasteiger partial charge in [0.2, 0.25) is 11.8 Å². The second-order valence-corrected chi connectivity index (χ2v) is 6.69. The van der Waals surface area contributed by atoms with E-state index in [9.17, 15) is 14.4 Å². The first-order valence-corrected chi connectivity index (χ1v) is 8.93. The summed E-state index contributed by atoms with van der Waals surface area (Å²) in [5.74, 6) is -1.62. The Kier molecular flexibility index (Phi) is 7.64. The molecule has 0 saturated carbocycles. The normalized spacial score (nSPS) is 9.93. The van der Waals surface area contributed by atoms with Gasteiger partial charge < -0.3 is 16.0 Å². The molecule has 0 radical (unpaired) electrons. The highest BCUT2D eigenvalue weighted by molar-refractivity contribution is 6.36. The molecule has 10 heteroatoms. The Morgan fingerprint density at radius 2 is 1.61 bits per heavy atom. The molecule has 0 aliphatic heterocycles. The van der Waals surface area contributed by atoms with Crippen molar-refractivity contribution in [2.75, 3.05) is 18.4 Å². The maximum Gasteiger partial charge on any atom is 0.253 e. The van der Waals surface area contributed by atoms with Gasteiger partial charge in [0, 0.05) is 10.7 Å². The molecule has 3 amide bonds. The highest BCUT2D eigenvalue weighted by Gasteiger charge is 2.13. The van der Waals surface area contributed by atoms with Crippen LogP contribution in [0.4, 0.5) is 5.69 Å². The van der Waals surface area contributed by atoms with Crippen LogP contribution in [0.1, 0.15) is 15.9 Å². The predicted octanol–water partition coefficient (Wildman–Crippen LogP) is 3.00. The Hall–Kier alpha value is -2.79. The van der Waals surface area contributed by atoms with Crippen LogP contribution in [-0.2, 0) is 9.59 Å². The van der Waals surface area contributed by atoms with E-state index in [0.717, 1.165) is 0 Å². The van der Waals surface area contributed by atoms with Gasteiger partial charge in [0.05, 0.1) is 34.3 Å². The lowest BCUT2D eigenvalue weighted by Crippen LogP contribution is -2.40. The number of carbonyl (C=O) groups excluding carboxylic acids is 3. The third-order valence-electron chi connectivity index (χ3n) is 3.40. The van der Waals surface area contributed by atoms with Crippen LogP contribution in [0.25, 0.3) is 0 Å². The summed E-state index contributed by atoms with van der Waals surface area (Å²) in [6.07, 6.45) is 0. The Bertz CT molecular complexity index is 973. The number of hydrogen-bond donors (Lipinski definition) is 3. The van der Waals surface area contributed by atoms with Crippen molar-refractivity contribution in [3.63, 3.8) is 0 Å². The van der Waals surface area contributed by atoms with Crippen LogP contribution in [0, 0.1) is 11.3 Å². The predicted molar refractivity (Wildman–Crippen MR) is 107 cm³/mol. The molecule has 0 aliphatic carbocycles. The molecular formula is C18H13Cl3N4O3. The lowest BCUT2D eigenvalue weighted by molar-refractivity contribution is -0.123. The van der Waals surface area contributed by atoms with Crippen LogP contribution in [0.15, 0.2) is 36.4 Å². The van der Waals surface area contributed by atoms with Crippen LogP contribution in [0.3, 0.4) is 0 Å². The van der Waals surface area contributed by atoms with E-state index in [-0.39, 0.29) is 34.3 Å². The van der Waals surface area contributed by atoms with E-state index in [4.69, 9.17) is 40.1 Å². The fourth-order valence-electron chi connectivity index (χ4n) is 2.06. The van der Waals surface area contributed by atoms with Gasteiger partial charge in [-0.15, -0.1) is 0 Å². The summed E-state index contributed by atoms with van der Waals surface area (Å²) in [6, 6.07) is 10.7. The summed E-state index contributed by atoms with van der Waals surface area (Å²) >= 11 is 17.5. The average molecular weight is 440 g/mol. The molecule has 28 heavy (non-hydrogen) atoms. The molecule has 0 fully saturated rings. The molecule has 7 nitrogen and oxygen atoms in total. The van der Waals surface area contributed by atoms with Crippen molar-refractivity contribution >= 4 is 58.2 Å². The van der Waals surface area contributed by atoms with E-state index in [0.29, 0.717) is 10.7 Å². The molecule has 0 bridgehead atoms. The molecule has 2 rings (SSSR count). The maximum absolute atomic E-state index is 12.0. The van der Waals surface area contributed by atoms with Crippen LogP contribution < -0.4 is 16.0 Å². The smallest absolute Gasteiger partial charge is 0.253 e. The maximum atomic E-state index is 12.0. The molecule has 0 aliphatic rings. The minimum absolute atomic E-state index is 0.157. The van der Waals surface area contributed by atoms with E-state index in [2.05, 4.69) is 16.0 Å². The minimum Gasteiger partial charge on any atom is -0.345 e. The van der Waals surface area contributed by atoms with Gasteiger partial charge in [0.1, 0.15) is 6.07 Å². The summed E-state index contributed by atoms with van der Waals surface area (Å²) in [4.78, 5) is 35.7. The van der Waals surface area contributed by atoms with E-state index in [1.165, 1.54) is 36.4 Å². The van der Waals surface area contributed by atoms with Gasteiger partial charge in [-0.3, -0.25) is 14.4 Å². The van der Waals surface area contributed by atoms with Crippen LogP contribution in [-0.4, -0.2) is 30.8 Å². The van der Waals surface area contributed by atoms with Gasteiger partial charge in [-0.2, -0.15) is 5.26 Å². The van der Waals surface area contributed by atoms with E-state index in [1.807, 2.05) is 6.07 Å². The number of nitrogens with zero attached hydrogens (tertiary/aromatic N) is 1. The summed E-state index contributed by atoms with van der Waals surface area (Å²) in [5.41, 5.74) is 0.755. The quantitative estimate of drug-likeness (QED) is 0.642. The Labute approximate surface area is 175 Å². The zero-order valence-corrected chi connectivity index (χ0v) is 16.5. The van der Waals surface area contributed by atoms with Gasteiger partial charge in [-0.25, -0.2) is 0 Å². The molecule has 2 aromatic rings. The molecule has 0 spiro atoms. The average Bonchev–Trinajstić information content (AvgIpc) is 2.66. The molecular weight excluding hydrogens is 427 g/mol. The van der Waals surface area contributed by atoms with Crippen molar-refractivity contribution in [2.24, 2.45) is 0 Å². The van der Waals surface area contributed by atoms with E-state index in [1.54, 1.807) is 0 Å². The zero-order valence-electron chi connectivity index (χ0n) is 14.2. The summed E-state index contributed by atoms with van der Waals surface area (Å²) < 4.78 is 0. The van der Waals surface area contributed by atoms with Crippen molar-refractivity contribution < 1.29 is 14.4 Å². The van der Waals surface area contributed by atoms with E-state index < -0.39 is 17.7 Å². The number of nitriles is 1. The first kappa shape index (κ1) is 21.5. The molecule has 0 saturated heterocycles. The van der Waals surface area contributed by atoms with Crippen molar-refractivity contribution in [2.45, 2.75) is 0 Å². The van der Waals surface area contributed by atoms with Crippen molar-refractivity contribution in [3.8, 4) is 6.07 Å². The SMILES string of the molecule is N#Cc1cc(NC(=O)CNC(=O)CNC(=O)c2ccc(Cl)cc2Cl)ccc1Cl. The van der Waals surface area contributed by atoms with Crippen molar-refractivity contribution in [1.82, 2.24) is 10.6 Å². The zero-order chi connectivity index (χ0) is 20.7. The Morgan fingerprint density at radius 3 is 2.29 bits per heavy atom. The number of amides is 3. The number of anilines is 1. The fourth-order valence-corrected chi connectivity index (χ4v) is 2.72. The standard InChI is InChI=1S/C18H13Cl3N4O3/c19-11-1-3-13(15(21)6-11)18(28)24-8-16(26)23-9-17(27)25-12-2-4-14(20)10(5-12)7-22/h1-6H,8-9H2,(H,23,26)(H,24,28)(H,25,27). The molecule has 3 N–H and O–H groups in total. The van der Waals surface area contributed by atoms with Crippen LogP contribution in [0.2, 0.25) is 15.1 Å². The lowest BCUT2D eigenvalue weighted by Gasteiger charge is -2.09. The van der Waals surface area contributed by atoms with Crippen molar-refractivity contribution in [3.05, 3.63) is 62.6 Å². The van der Waals surface area contributed by atoms with Crippen LogP contribution >= 0.6 is 34.8 Å². The first-order chi connectivity index (χ1) is 13.3. The first-order valence-electron chi connectivity index (χ1n) is 7.79. The fraction of sp³-hybridized carbons (Fsp3) is 0.111. The van der Waals surface area contributed by atoms with Crippen molar-refractivity contribution in [1.29, 1.82) is 5.26 Å². The topological polar surface area (TPSA) is 111 Å². The van der Waals surface area contributed by atoms with Gasteiger partial charge in [-0.05, 0) is 36.4 Å². The number of benzene rings is 2. The third kappa shape index (κ3) is 6.13. The van der Waals surface area contributed by atoms with Gasteiger partial charge in [-0.1, -0.05) is 34.8 Å². The summed E-state index contributed by atoms with van der Waals surface area (Å²) in [7, 11) is 0. The summed E-state index contributed by atoms with van der Waals surface area (Å²) in [6.45, 7) is -0.661. The Balaban J connectivity index is 1.79. The minimum atomic E-state index is -0.567. The van der Waals surface area contributed by atoms with Gasteiger partial charge in [0.15, 0.2) is 0 Å². The molecule has 0 heterocycles. The second kappa shape index (κ2) is 9.95. The van der Waals surface area contributed by atoms with E-state index >= 15 is 0 Å². The Morgan fingerprint density at radius 1 is 0.893 bits per heavy atom. The highest BCUT2D eigenvalue weighted by atomic mass is 35.5. The van der Waals surface area contributed by atoms with Gasteiger partial charge in [0.25, 0.3) is 5.91 Å². The lowest BCUT2D eigenvalue weighted by atomic mass is 10.2. The molecule has 0 unspecified atom stereocenters. The monoisotopic (exact) mass is 438 g/mol. The van der Waals surface area contributed by atoms with Crippen LogP contribution in [0.5, 0.6) is 0 Å². The molecule has 0 aromatic heterocycles. The molecule has 2 aromatic carbocycles. The highest BCUT2D eigenvalue weighted by Crippen LogP contribution is 2.21. The summed E-state index contributed by atoms with van der Waals surface area (Å²) in [5, 5.41) is 17.0. The number of rotatable bonds is 6. The molecule has 0 atom stereocenters. The number of hydrogen-bond acceptors (Lipinski definition) is 4. The second-order valence-electron chi connectivity index (χ2n) is 5.44. The molecule has 144 valence electrons. The number of carbonyl (C=O) groups is 3. The largest absolute Gasteiger partial charge is 0.345 e. The third-order valence-corrected chi connectivity index (χ3v) is 4.28. The number of halogens is 3. The van der Waals surface area contributed by atoms with Gasteiger partial charge >= 0.3 is 0 Å².